The molecule has 1 aliphatic heterocycles. The highest BCUT2D eigenvalue weighted by molar-refractivity contribution is 5.66. The van der Waals surface area contributed by atoms with E-state index in [2.05, 4.69) is 5.32 Å². The lowest BCUT2D eigenvalue weighted by atomic mass is 9.87. The van der Waals surface area contributed by atoms with Crippen LogP contribution in [-0.4, -0.2) is 23.4 Å². The lowest BCUT2D eigenvalue weighted by Crippen LogP contribution is -2.44. The summed E-state index contributed by atoms with van der Waals surface area (Å²) in [5.41, 5.74) is 0.592. The first kappa shape index (κ1) is 9.66. The van der Waals surface area contributed by atoms with Crippen molar-refractivity contribution in [2.24, 2.45) is 0 Å². The van der Waals surface area contributed by atoms with Gasteiger partial charge in [0.15, 0.2) is 0 Å². The SMILES string of the molecule is O=C(O)NC1(c2ccccc2)C[C@@H]2O[C@@H]2C1. The van der Waals surface area contributed by atoms with Crippen molar-refractivity contribution in [3.8, 4) is 0 Å². The quantitative estimate of drug-likeness (QED) is 0.744. The molecule has 84 valence electrons. The summed E-state index contributed by atoms with van der Waals surface area (Å²) in [4.78, 5) is 10.9. The van der Waals surface area contributed by atoms with Crippen LogP contribution >= 0.6 is 0 Å². The van der Waals surface area contributed by atoms with Crippen LogP contribution in [0.5, 0.6) is 0 Å². The van der Waals surface area contributed by atoms with Crippen molar-refractivity contribution in [1.29, 1.82) is 0 Å². The predicted molar refractivity (Wildman–Crippen MR) is 57.2 cm³/mol. The van der Waals surface area contributed by atoms with Crippen LogP contribution in [0.25, 0.3) is 0 Å². The summed E-state index contributed by atoms with van der Waals surface area (Å²) in [6.07, 6.45) is 1.01. The molecule has 1 amide bonds. The molecular formula is C12H13NO3. The summed E-state index contributed by atoms with van der Waals surface area (Å²) in [6.45, 7) is 0. The molecular weight excluding hydrogens is 206 g/mol. The summed E-state index contributed by atoms with van der Waals surface area (Å²) in [5, 5.41) is 11.6. The first-order chi connectivity index (χ1) is 7.70. The van der Waals surface area contributed by atoms with E-state index in [0.717, 1.165) is 18.4 Å². The molecule has 4 nitrogen and oxygen atoms in total. The minimum Gasteiger partial charge on any atom is -0.465 e. The van der Waals surface area contributed by atoms with Gasteiger partial charge in [0, 0.05) is 12.8 Å². The number of carbonyl (C=O) groups is 1. The third-order valence-corrected chi connectivity index (χ3v) is 3.46. The zero-order chi connectivity index (χ0) is 11.2. The van der Waals surface area contributed by atoms with Crippen molar-refractivity contribution in [3.63, 3.8) is 0 Å². The normalized spacial score (nSPS) is 35.5. The van der Waals surface area contributed by atoms with Crippen LogP contribution in [0.15, 0.2) is 30.3 Å². The van der Waals surface area contributed by atoms with E-state index in [4.69, 9.17) is 9.84 Å². The Labute approximate surface area is 93.2 Å². The van der Waals surface area contributed by atoms with Gasteiger partial charge >= 0.3 is 6.09 Å². The fourth-order valence-electron chi connectivity index (χ4n) is 2.68. The number of amides is 1. The van der Waals surface area contributed by atoms with E-state index in [9.17, 15) is 4.79 Å². The number of rotatable bonds is 2. The van der Waals surface area contributed by atoms with Crippen molar-refractivity contribution in [3.05, 3.63) is 35.9 Å². The summed E-state index contributed by atoms with van der Waals surface area (Å²) in [7, 11) is 0. The van der Waals surface area contributed by atoms with Crippen LogP contribution in [0.3, 0.4) is 0 Å². The van der Waals surface area contributed by atoms with Gasteiger partial charge in [0.25, 0.3) is 0 Å². The van der Waals surface area contributed by atoms with E-state index < -0.39 is 11.6 Å². The second-order valence-corrected chi connectivity index (χ2v) is 4.50. The minimum atomic E-state index is -0.967. The van der Waals surface area contributed by atoms with Gasteiger partial charge in [-0.1, -0.05) is 30.3 Å². The van der Waals surface area contributed by atoms with Crippen LogP contribution in [0, 0.1) is 0 Å². The van der Waals surface area contributed by atoms with E-state index in [-0.39, 0.29) is 12.2 Å². The van der Waals surface area contributed by atoms with Crippen molar-refractivity contribution in [2.75, 3.05) is 0 Å². The number of hydrogen-bond donors (Lipinski definition) is 2. The van der Waals surface area contributed by atoms with Crippen LogP contribution < -0.4 is 5.32 Å². The summed E-state index contributed by atoms with van der Waals surface area (Å²) >= 11 is 0. The maximum absolute atomic E-state index is 10.9. The van der Waals surface area contributed by atoms with Crippen molar-refractivity contribution in [2.45, 2.75) is 30.6 Å². The Morgan fingerprint density at radius 3 is 2.50 bits per heavy atom. The van der Waals surface area contributed by atoms with Crippen LogP contribution in [0.1, 0.15) is 18.4 Å². The van der Waals surface area contributed by atoms with Crippen LogP contribution in [-0.2, 0) is 10.3 Å². The topological polar surface area (TPSA) is 61.9 Å². The molecule has 0 bridgehead atoms. The largest absolute Gasteiger partial charge is 0.465 e. The zero-order valence-electron chi connectivity index (χ0n) is 8.72. The molecule has 0 aromatic heterocycles. The van der Waals surface area contributed by atoms with E-state index in [1.165, 1.54) is 0 Å². The fourth-order valence-corrected chi connectivity index (χ4v) is 2.68. The third-order valence-electron chi connectivity index (χ3n) is 3.46. The van der Waals surface area contributed by atoms with Gasteiger partial charge in [0.2, 0.25) is 0 Å². The summed E-state index contributed by atoms with van der Waals surface area (Å²) in [5.74, 6) is 0. The number of epoxide rings is 1. The Bertz CT molecular complexity index is 408. The van der Waals surface area contributed by atoms with E-state index in [1.54, 1.807) is 0 Å². The monoisotopic (exact) mass is 219 g/mol. The van der Waals surface area contributed by atoms with Gasteiger partial charge in [-0.3, -0.25) is 0 Å². The molecule has 3 rings (SSSR count). The summed E-state index contributed by atoms with van der Waals surface area (Å²) in [6, 6.07) is 9.75. The second-order valence-electron chi connectivity index (χ2n) is 4.50. The van der Waals surface area contributed by atoms with Gasteiger partial charge in [-0.2, -0.15) is 0 Å². The zero-order valence-corrected chi connectivity index (χ0v) is 8.72. The molecule has 2 aliphatic rings. The lowest BCUT2D eigenvalue weighted by molar-refractivity contribution is 0.159. The molecule has 1 unspecified atom stereocenters. The molecule has 1 aromatic carbocycles. The number of fused-ring (bicyclic) bond motifs is 1. The van der Waals surface area contributed by atoms with Crippen LogP contribution in [0.4, 0.5) is 4.79 Å². The van der Waals surface area contributed by atoms with Crippen molar-refractivity contribution in [1.82, 2.24) is 5.32 Å². The van der Waals surface area contributed by atoms with Crippen molar-refractivity contribution < 1.29 is 14.6 Å². The smallest absolute Gasteiger partial charge is 0.405 e. The molecule has 0 radical (unpaired) electrons. The van der Waals surface area contributed by atoms with Crippen LogP contribution in [0.2, 0.25) is 0 Å². The van der Waals surface area contributed by atoms with Crippen molar-refractivity contribution >= 4 is 6.09 Å². The molecule has 1 heterocycles. The Morgan fingerprint density at radius 1 is 1.31 bits per heavy atom. The second kappa shape index (κ2) is 3.22. The highest BCUT2D eigenvalue weighted by atomic mass is 16.6. The molecule has 1 saturated heterocycles. The average Bonchev–Trinajstić information content (AvgIpc) is 2.87. The molecule has 1 saturated carbocycles. The Morgan fingerprint density at radius 2 is 1.94 bits per heavy atom. The molecule has 2 N–H and O–H groups in total. The number of carboxylic acid groups (broad SMARTS) is 1. The minimum absolute atomic E-state index is 0.243. The molecule has 1 aliphatic carbocycles. The first-order valence-corrected chi connectivity index (χ1v) is 5.42. The van der Waals surface area contributed by atoms with E-state index in [0.29, 0.717) is 0 Å². The third kappa shape index (κ3) is 1.46. The lowest BCUT2D eigenvalue weighted by Gasteiger charge is -2.30. The Hall–Kier alpha value is -1.55. The molecule has 2 fully saturated rings. The number of ether oxygens (including phenoxy) is 1. The van der Waals surface area contributed by atoms with Gasteiger partial charge < -0.3 is 15.2 Å². The van der Waals surface area contributed by atoms with Gasteiger partial charge in [0.05, 0.1) is 17.7 Å². The maximum Gasteiger partial charge on any atom is 0.405 e. The Kier molecular flexibility index (Phi) is 1.94. The molecule has 0 spiro atoms. The number of hydrogen-bond acceptors (Lipinski definition) is 2. The van der Waals surface area contributed by atoms with E-state index in [1.807, 2.05) is 30.3 Å². The van der Waals surface area contributed by atoms with E-state index >= 15 is 0 Å². The number of nitrogens with one attached hydrogen (secondary N) is 1. The first-order valence-electron chi connectivity index (χ1n) is 5.42. The highest BCUT2D eigenvalue weighted by Gasteiger charge is 2.57. The molecule has 16 heavy (non-hydrogen) atoms. The maximum atomic E-state index is 10.9. The molecule has 1 aromatic rings. The standard InChI is InChI=1S/C12H13NO3/c14-11(15)13-12(6-9-10(7-12)16-9)8-4-2-1-3-5-8/h1-5,9-10,13H,6-7H2,(H,14,15)/t9-,10+,12?. The fraction of sp³-hybridized carbons (Fsp3) is 0.417. The average molecular weight is 219 g/mol. The summed E-state index contributed by atoms with van der Waals surface area (Å²) < 4.78 is 5.38. The predicted octanol–water partition coefficient (Wildman–Crippen LogP) is 1.71. The number of benzene rings is 1. The molecule has 4 heteroatoms. The van der Waals surface area contributed by atoms with Gasteiger partial charge in [-0.25, -0.2) is 4.79 Å². The Balaban J connectivity index is 1.93. The van der Waals surface area contributed by atoms with Gasteiger partial charge in [-0.05, 0) is 5.56 Å². The van der Waals surface area contributed by atoms with Gasteiger partial charge in [-0.15, -0.1) is 0 Å². The van der Waals surface area contributed by atoms with Gasteiger partial charge in [0.1, 0.15) is 0 Å². The molecule has 3 atom stereocenters. The highest BCUT2D eigenvalue weighted by Crippen LogP contribution is 2.49.